The van der Waals surface area contributed by atoms with Gasteiger partial charge in [0.1, 0.15) is 11.6 Å². The summed E-state index contributed by atoms with van der Waals surface area (Å²) in [6.45, 7) is 0.397. The Hall–Kier alpha value is -1.14. The molecule has 1 heterocycles. The Bertz CT molecular complexity index is 364. The zero-order valence-corrected chi connectivity index (χ0v) is 11.8. The van der Waals surface area contributed by atoms with E-state index < -0.39 is 17.6 Å². The van der Waals surface area contributed by atoms with Crippen LogP contribution in [0.25, 0.3) is 0 Å². The van der Waals surface area contributed by atoms with Crippen LogP contribution in [0.4, 0.5) is 0 Å². The summed E-state index contributed by atoms with van der Waals surface area (Å²) in [6, 6.07) is 0. The van der Waals surface area contributed by atoms with E-state index >= 15 is 0 Å². The first-order chi connectivity index (χ1) is 9.57. The van der Waals surface area contributed by atoms with Crippen LogP contribution in [-0.2, 0) is 14.3 Å². The van der Waals surface area contributed by atoms with Crippen LogP contribution in [0.2, 0.25) is 0 Å². The number of carbonyl (C=O) groups excluding carboxylic acids is 1. The molecule has 1 aliphatic carbocycles. The molecule has 2 aliphatic rings. The first-order valence-electron chi connectivity index (χ1n) is 7.48. The number of nitrogens with one attached hydrogen (secondary N) is 1. The molecule has 4 N–H and O–H groups in total. The van der Waals surface area contributed by atoms with Gasteiger partial charge in [-0.2, -0.15) is 0 Å². The van der Waals surface area contributed by atoms with Crippen molar-refractivity contribution in [3.63, 3.8) is 0 Å². The maximum absolute atomic E-state index is 12.3. The van der Waals surface area contributed by atoms with Gasteiger partial charge in [0.2, 0.25) is 5.91 Å². The Morgan fingerprint density at radius 1 is 1.20 bits per heavy atom. The Morgan fingerprint density at radius 2 is 1.85 bits per heavy atom. The second kappa shape index (κ2) is 6.54. The van der Waals surface area contributed by atoms with Crippen molar-refractivity contribution in [3.8, 4) is 0 Å². The zero-order valence-electron chi connectivity index (χ0n) is 11.8. The predicted octanol–water partition coefficient (Wildman–Crippen LogP) is 0.786. The third-order valence-electron chi connectivity index (χ3n) is 4.39. The zero-order chi connectivity index (χ0) is 14.6. The summed E-state index contributed by atoms with van der Waals surface area (Å²) in [6.07, 6.45) is 5.47. The molecule has 2 fully saturated rings. The van der Waals surface area contributed by atoms with Crippen LogP contribution in [0.1, 0.15) is 51.4 Å². The molecule has 0 aromatic rings. The summed E-state index contributed by atoms with van der Waals surface area (Å²) in [7, 11) is 0. The molecule has 1 aliphatic heterocycles. The van der Waals surface area contributed by atoms with Crippen LogP contribution in [0.3, 0.4) is 0 Å². The standard InChI is InChI=1S/C14H24N2O4/c15-9-10-5-6-11(20-10)12(17)16-14(13(18)19)7-3-1-2-4-8-14/h10-11H,1-9,15H2,(H,16,17)(H,18,19). The molecule has 114 valence electrons. The number of ether oxygens (including phenoxy) is 1. The summed E-state index contributed by atoms with van der Waals surface area (Å²) >= 11 is 0. The maximum Gasteiger partial charge on any atom is 0.329 e. The lowest BCUT2D eigenvalue weighted by molar-refractivity contribution is -0.150. The van der Waals surface area contributed by atoms with Crippen molar-refractivity contribution in [1.29, 1.82) is 0 Å². The number of nitrogens with two attached hydrogens (primary N) is 1. The van der Waals surface area contributed by atoms with Crippen LogP contribution in [0, 0.1) is 0 Å². The molecule has 1 amide bonds. The lowest BCUT2D eigenvalue weighted by Crippen LogP contribution is -2.56. The highest BCUT2D eigenvalue weighted by atomic mass is 16.5. The third kappa shape index (κ3) is 3.30. The number of carbonyl (C=O) groups is 2. The minimum Gasteiger partial charge on any atom is -0.480 e. The van der Waals surface area contributed by atoms with Gasteiger partial charge in [0.05, 0.1) is 6.10 Å². The van der Waals surface area contributed by atoms with Crippen molar-refractivity contribution >= 4 is 11.9 Å². The molecule has 0 aromatic carbocycles. The molecule has 0 radical (unpaired) electrons. The van der Waals surface area contributed by atoms with E-state index in [0.29, 0.717) is 25.8 Å². The molecular weight excluding hydrogens is 260 g/mol. The second-order valence-electron chi connectivity index (χ2n) is 5.85. The number of carboxylic acid groups (broad SMARTS) is 1. The highest BCUT2D eigenvalue weighted by Gasteiger charge is 2.42. The lowest BCUT2D eigenvalue weighted by Gasteiger charge is -2.30. The van der Waals surface area contributed by atoms with Gasteiger partial charge >= 0.3 is 5.97 Å². The molecule has 2 atom stereocenters. The van der Waals surface area contributed by atoms with E-state index in [4.69, 9.17) is 10.5 Å². The Labute approximate surface area is 119 Å². The molecule has 6 heteroatoms. The first-order valence-corrected chi connectivity index (χ1v) is 7.48. The summed E-state index contributed by atoms with van der Waals surface area (Å²) in [5, 5.41) is 12.3. The van der Waals surface area contributed by atoms with Gasteiger partial charge in [0.25, 0.3) is 0 Å². The Morgan fingerprint density at radius 3 is 2.35 bits per heavy atom. The van der Waals surface area contributed by atoms with Crippen molar-refractivity contribution in [2.24, 2.45) is 5.73 Å². The monoisotopic (exact) mass is 284 g/mol. The van der Waals surface area contributed by atoms with Gasteiger partial charge in [0.15, 0.2) is 0 Å². The fraction of sp³-hybridized carbons (Fsp3) is 0.857. The van der Waals surface area contributed by atoms with Gasteiger partial charge in [-0.05, 0) is 25.7 Å². The van der Waals surface area contributed by atoms with Gasteiger partial charge in [-0.15, -0.1) is 0 Å². The Kier molecular flexibility index (Phi) is 4.99. The van der Waals surface area contributed by atoms with Crippen LogP contribution in [0.5, 0.6) is 0 Å². The largest absolute Gasteiger partial charge is 0.480 e. The van der Waals surface area contributed by atoms with E-state index in [-0.39, 0.29) is 12.0 Å². The molecule has 0 spiro atoms. The summed E-state index contributed by atoms with van der Waals surface area (Å²) in [5.41, 5.74) is 4.41. The van der Waals surface area contributed by atoms with Crippen LogP contribution in [0.15, 0.2) is 0 Å². The van der Waals surface area contributed by atoms with E-state index in [1.807, 2.05) is 0 Å². The van der Waals surface area contributed by atoms with Crippen LogP contribution in [-0.4, -0.2) is 41.3 Å². The number of carboxylic acids is 1. The summed E-state index contributed by atoms with van der Waals surface area (Å²) < 4.78 is 5.54. The molecule has 20 heavy (non-hydrogen) atoms. The predicted molar refractivity (Wildman–Crippen MR) is 73.2 cm³/mol. The average molecular weight is 284 g/mol. The van der Waals surface area contributed by atoms with E-state index in [2.05, 4.69) is 5.32 Å². The average Bonchev–Trinajstić information content (AvgIpc) is 2.79. The smallest absolute Gasteiger partial charge is 0.329 e. The van der Waals surface area contributed by atoms with Crippen molar-refractivity contribution in [1.82, 2.24) is 5.32 Å². The number of amides is 1. The van der Waals surface area contributed by atoms with Crippen molar-refractivity contribution in [2.75, 3.05) is 6.54 Å². The molecular formula is C14H24N2O4. The van der Waals surface area contributed by atoms with Crippen LogP contribution >= 0.6 is 0 Å². The molecule has 6 nitrogen and oxygen atoms in total. The number of hydrogen-bond donors (Lipinski definition) is 3. The fourth-order valence-corrected chi connectivity index (χ4v) is 3.11. The number of rotatable bonds is 4. The van der Waals surface area contributed by atoms with Gasteiger partial charge < -0.3 is 20.9 Å². The SMILES string of the molecule is NCC1CCC(C(=O)NC2(C(=O)O)CCCCCC2)O1. The highest BCUT2D eigenvalue weighted by molar-refractivity contribution is 5.89. The molecule has 1 saturated carbocycles. The molecule has 2 rings (SSSR count). The summed E-state index contributed by atoms with van der Waals surface area (Å²) in [5.74, 6) is -1.23. The van der Waals surface area contributed by atoms with E-state index in [0.717, 1.165) is 32.1 Å². The second-order valence-corrected chi connectivity index (χ2v) is 5.85. The third-order valence-corrected chi connectivity index (χ3v) is 4.39. The fourth-order valence-electron chi connectivity index (χ4n) is 3.11. The highest BCUT2D eigenvalue weighted by Crippen LogP contribution is 2.28. The van der Waals surface area contributed by atoms with Crippen molar-refractivity contribution in [3.05, 3.63) is 0 Å². The van der Waals surface area contributed by atoms with Crippen molar-refractivity contribution < 1.29 is 19.4 Å². The van der Waals surface area contributed by atoms with E-state index in [9.17, 15) is 14.7 Å². The quantitative estimate of drug-likeness (QED) is 0.662. The first kappa shape index (κ1) is 15.3. The van der Waals surface area contributed by atoms with Gasteiger partial charge in [-0.3, -0.25) is 4.79 Å². The number of aliphatic carboxylic acids is 1. The normalized spacial score (nSPS) is 29.6. The van der Waals surface area contributed by atoms with Gasteiger partial charge in [-0.1, -0.05) is 25.7 Å². The minimum absolute atomic E-state index is 0.0827. The molecule has 0 aromatic heterocycles. The Balaban J connectivity index is 2.01. The van der Waals surface area contributed by atoms with Crippen molar-refractivity contribution in [2.45, 2.75) is 69.1 Å². The topological polar surface area (TPSA) is 102 Å². The van der Waals surface area contributed by atoms with E-state index in [1.54, 1.807) is 0 Å². The summed E-state index contributed by atoms with van der Waals surface area (Å²) in [4.78, 5) is 23.9. The maximum atomic E-state index is 12.3. The number of hydrogen-bond acceptors (Lipinski definition) is 4. The van der Waals surface area contributed by atoms with Crippen LogP contribution < -0.4 is 11.1 Å². The molecule has 0 bridgehead atoms. The molecule has 1 saturated heterocycles. The van der Waals surface area contributed by atoms with Gasteiger partial charge in [0, 0.05) is 6.54 Å². The van der Waals surface area contributed by atoms with Gasteiger partial charge in [-0.25, -0.2) is 4.79 Å². The van der Waals surface area contributed by atoms with E-state index in [1.165, 1.54) is 0 Å². The molecule has 2 unspecified atom stereocenters. The minimum atomic E-state index is -1.11. The lowest BCUT2D eigenvalue weighted by atomic mass is 9.90.